The van der Waals surface area contributed by atoms with Crippen LogP contribution in [0.3, 0.4) is 0 Å². The number of thiophene rings is 1. The van der Waals surface area contributed by atoms with Crippen LogP contribution in [0.2, 0.25) is 0 Å². The van der Waals surface area contributed by atoms with E-state index in [2.05, 4.69) is 15.3 Å². The molecule has 0 aliphatic heterocycles. The van der Waals surface area contributed by atoms with E-state index in [-0.39, 0.29) is 0 Å². The Hall–Kier alpha value is -2.67. The Morgan fingerprint density at radius 2 is 2.18 bits per heavy atom. The largest absolute Gasteiger partial charge is 0.467 e. The van der Waals surface area contributed by atoms with Crippen molar-refractivity contribution in [2.45, 2.75) is 6.54 Å². The summed E-state index contributed by atoms with van der Waals surface area (Å²) in [7, 11) is 1.98. The summed E-state index contributed by atoms with van der Waals surface area (Å²) >= 11 is 1.63. The van der Waals surface area contributed by atoms with Gasteiger partial charge in [-0.3, -0.25) is 0 Å². The molecule has 0 aromatic carbocycles. The molecule has 0 atom stereocenters. The Morgan fingerprint density at radius 3 is 2.95 bits per heavy atom. The predicted octanol–water partition coefficient (Wildman–Crippen LogP) is 3.08. The molecule has 0 unspecified atom stereocenters. The first-order chi connectivity index (χ1) is 10.8. The molecule has 22 heavy (non-hydrogen) atoms. The highest BCUT2D eigenvalue weighted by Crippen LogP contribution is 2.21. The lowest BCUT2D eigenvalue weighted by atomic mass is 10.3. The fourth-order valence-corrected chi connectivity index (χ4v) is 2.91. The van der Waals surface area contributed by atoms with Crippen LogP contribution >= 0.6 is 11.3 Å². The summed E-state index contributed by atoms with van der Waals surface area (Å²) in [6.45, 7) is 0.654. The highest BCUT2D eigenvalue weighted by atomic mass is 32.1. The molecule has 4 aromatic heterocycles. The molecule has 4 rings (SSSR count). The van der Waals surface area contributed by atoms with Crippen LogP contribution in [-0.2, 0) is 6.54 Å². The number of fused-ring (bicyclic) bond motifs is 1. The van der Waals surface area contributed by atoms with Gasteiger partial charge in [-0.15, -0.1) is 15.3 Å². The molecule has 0 fully saturated rings. The maximum absolute atomic E-state index is 5.38. The number of hydrogen-bond donors (Lipinski definition) is 0. The second-order valence-corrected chi connectivity index (χ2v) is 5.71. The van der Waals surface area contributed by atoms with Gasteiger partial charge in [-0.05, 0) is 35.7 Å². The normalized spacial score (nSPS) is 11.1. The second kappa shape index (κ2) is 5.27. The molecule has 0 spiro atoms. The molecular formula is C15H13N5OS. The van der Waals surface area contributed by atoms with Crippen LogP contribution in [-0.4, -0.2) is 26.9 Å². The Bertz CT molecular complexity index is 882. The van der Waals surface area contributed by atoms with Crippen LogP contribution in [0.4, 0.5) is 5.82 Å². The van der Waals surface area contributed by atoms with Crippen LogP contribution in [0, 0.1) is 0 Å². The number of rotatable bonds is 4. The number of furan rings is 1. The van der Waals surface area contributed by atoms with Gasteiger partial charge in [0.25, 0.3) is 0 Å². The minimum absolute atomic E-state index is 0.654. The van der Waals surface area contributed by atoms with Crippen molar-refractivity contribution < 1.29 is 4.42 Å². The van der Waals surface area contributed by atoms with E-state index in [4.69, 9.17) is 4.42 Å². The van der Waals surface area contributed by atoms with E-state index in [0.29, 0.717) is 6.54 Å². The van der Waals surface area contributed by atoms with E-state index in [1.165, 1.54) is 0 Å². The fourth-order valence-electron chi connectivity index (χ4n) is 2.27. The SMILES string of the molecule is CN(Cc1ccco1)c1ccc2nnc(-c3ccsc3)n2n1. The monoisotopic (exact) mass is 311 g/mol. The van der Waals surface area contributed by atoms with Crippen LogP contribution < -0.4 is 4.90 Å². The highest BCUT2D eigenvalue weighted by Gasteiger charge is 2.12. The molecule has 110 valence electrons. The van der Waals surface area contributed by atoms with Crippen LogP contribution in [0.1, 0.15) is 5.76 Å². The van der Waals surface area contributed by atoms with Gasteiger partial charge in [-0.25, -0.2) is 0 Å². The summed E-state index contributed by atoms with van der Waals surface area (Å²) in [5, 5.41) is 17.1. The smallest absolute Gasteiger partial charge is 0.186 e. The third-order valence-electron chi connectivity index (χ3n) is 3.39. The number of hydrogen-bond acceptors (Lipinski definition) is 6. The highest BCUT2D eigenvalue weighted by molar-refractivity contribution is 7.08. The Balaban J connectivity index is 1.72. The van der Waals surface area contributed by atoms with Crippen molar-refractivity contribution in [3.63, 3.8) is 0 Å². The molecule has 4 aromatic rings. The van der Waals surface area contributed by atoms with E-state index in [9.17, 15) is 0 Å². The third kappa shape index (κ3) is 2.25. The Kier molecular flexibility index (Phi) is 3.12. The van der Waals surface area contributed by atoms with Gasteiger partial charge in [0.1, 0.15) is 11.6 Å². The molecule has 0 radical (unpaired) electrons. The van der Waals surface area contributed by atoms with Gasteiger partial charge in [0, 0.05) is 18.0 Å². The van der Waals surface area contributed by atoms with Gasteiger partial charge in [0.05, 0.1) is 12.8 Å². The van der Waals surface area contributed by atoms with Crippen molar-refractivity contribution in [2.75, 3.05) is 11.9 Å². The van der Waals surface area contributed by atoms with Crippen molar-refractivity contribution in [1.82, 2.24) is 19.8 Å². The van der Waals surface area contributed by atoms with E-state index in [0.717, 1.165) is 28.6 Å². The van der Waals surface area contributed by atoms with Gasteiger partial charge in [0.15, 0.2) is 11.5 Å². The van der Waals surface area contributed by atoms with Crippen molar-refractivity contribution in [2.24, 2.45) is 0 Å². The minimum atomic E-state index is 0.654. The third-order valence-corrected chi connectivity index (χ3v) is 4.08. The Labute approximate surface area is 130 Å². The predicted molar refractivity (Wildman–Crippen MR) is 84.9 cm³/mol. The van der Waals surface area contributed by atoms with Crippen LogP contribution in [0.5, 0.6) is 0 Å². The molecule has 0 aliphatic rings. The number of anilines is 1. The van der Waals surface area contributed by atoms with Gasteiger partial charge in [0.2, 0.25) is 0 Å². The summed E-state index contributed by atoms with van der Waals surface area (Å²) < 4.78 is 7.16. The van der Waals surface area contributed by atoms with E-state index in [1.807, 2.05) is 53.0 Å². The lowest BCUT2D eigenvalue weighted by molar-refractivity contribution is 0.506. The molecule has 0 N–H and O–H groups in total. The maximum Gasteiger partial charge on any atom is 0.186 e. The van der Waals surface area contributed by atoms with Gasteiger partial charge in [-0.2, -0.15) is 15.9 Å². The molecule has 0 saturated carbocycles. The summed E-state index contributed by atoms with van der Waals surface area (Å²) in [5.41, 5.74) is 1.76. The van der Waals surface area contributed by atoms with Crippen LogP contribution in [0.15, 0.2) is 51.8 Å². The molecule has 6 nitrogen and oxygen atoms in total. The first-order valence-corrected chi connectivity index (χ1v) is 7.74. The average Bonchev–Trinajstić information content (AvgIpc) is 3.27. The quantitative estimate of drug-likeness (QED) is 0.579. The van der Waals surface area contributed by atoms with Crippen molar-refractivity contribution in [3.8, 4) is 11.4 Å². The molecule has 0 aliphatic carbocycles. The lowest BCUT2D eigenvalue weighted by Crippen LogP contribution is -2.18. The average molecular weight is 311 g/mol. The minimum Gasteiger partial charge on any atom is -0.467 e. The molecular weight excluding hydrogens is 298 g/mol. The van der Waals surface area contributed by atoms with E-state index >= 15 is 0 Å². The summed E-state index contributed by atoms with van der Waals surface area (Å²) in [4.78, 5) is 2.02. The zero-order chi connectivity index (χ0) is 14.9. The van der Waals surface area contributed by atoms with Crippen molar-refractivity contribution >= 4 is 22.8 Å². The standard InChI is InChI=1S/C15H13N5OS/c1-19(9-12-3-2-7-21-12)14-5-4-13-16-17-15(20(13)18-14)11-6-8-22-10-11/h2-8,10H,9H2,1H3. The molecule has 0 amide bonds. The first-order valence-electron chi connectivity index (χ1n) is 6.80. The Morgan fingerprint density at radius 1 is 1.23 bits per heavy atom. The topological polar surface area (TPSA) is 59.5 Å². The molecule has 0 saturated heterocycles. The summed E-state index contributed by atoms with van der Waals surface area (Å²) in [5.74, 6) is 2.48. The lowest BCUT2D eigenvalue weighted by Gasteiger charge is -2.16. The second-order valence-electron chi connectivity index (χ2n) is 4.93. The summed E-state index contributed by atoms with van der Waals surface area (Å²) in [6, 6.07) is 9.70. The molecule has 7 heteroatoms. The van der Waals surface area contributed by atoms with Crippen molar-refractivity contribution in [1.29, 1.82) is 0 Å². The maximum atomic E-state index is 5.38. The number of nitrogens with zero attached hydrogens (tertiary/aromatic N) is 5. The zero-order valence-electron chi connectivity index (χ0n) is 11.9. The first kappa shape index (κ1) is 13.0. The van der Waals surface area contributed by atoms with Gasteiger partial charge < -0.3 is 9.32 Å². The fraction of sp³-hybridized carbons (Fsp3) is 0.133. The van der Waals surface area contributed by atoms with Crippen LogP contribution in [0.25, 0.3) is 17.0 Å². The van der Waals surface area contributed by atoms with Gasteiger partial charge in [-0.1, -0.05) is 0 Å². The van der Waals surface area contributed by atoms with Gasteiger partial charge >= 0.3 is 0 Å². The summed E-state index contributed by atoms with van der Waals surface area (Å²) in [6.07, 6.45) is 1.67. The van der Waals surface area contributed by atoms with E-state index < -0.39 is 0 Å². The van der Waals surface area contributed by atoms with Crippen molar-refractivity contribution in [3.05, 3.63) is 53.1 Å². The zero-order valence-corrected chi connectivity index (χ0v) is 12.7. The number of aromatic nitrogens is 4. The van der Waals surface area contributed by atoms with E-state index in [1.54, 1.807) is 22.1 Å². The molecule has 0 bridgehead atoms. The molecule has 4 heterocycles.